The molecule has 0 bridgehead atoms. The van der Waals surface area contributed by atoms with E-state index in [-0.39, 0.29) is 20.8 Å². The van der Waals surface area contributed by atoms with Gasteiger partial charge in [0.1, 0.15) is 0 Å². The Labute approximate surface area is 109 Å². The van der Waals surface area contributed by atoms with Crippen molar-refractivity contribution in [1.29, 1.82) is 0 Å². The van der Waals surface area contributed by atoms with Crippen molar-refractivity contribution in [3.8, 4) is 0 Å². The summed E-state index contributed by atoms with van der Waals surface area (Å²) in [5, 5.41) is 0. The minimum atomic E-state index is -3.47. The summed E-state index contributed by atoms with van der Waals surface area (Å²) in [5.74, 6) is 0. The minimum Gasteiger partial charge on any atom is -0.378 e. The second-order valence-corrected chi connectivity index (χ2v) is 7.35. The summed E-state index contributed by atoms with van der Waals surface area (Å²) in [7, 11) is -3.47. The SMILES string of the molecule is CCOC1CC(NS(=O)(=O)c2cnc(Cl)s2)C1. The third-order valence-corrected chi connectivity index (χ3v) is 5.64. The Balaban J connectivity index is 1.92. The van der Waals surface area contributed by atoms with Crippen LogP contribution in [0.5, 0.6) is 0 Å². The Morgan fingerprint density at radius 1 is 1.65 bits per heavy atom. The number of sulfonamides is 1. The maximum atomic E-state index is 11.9. The molecule has 1 fully saturated rings. The third kappa shape index (κ3) is 3.17. The third-order valence-electron chi connectivity index (χ3n) is 2.54. The van der Waals surface area contributed by atoms with E-state index in [4.69, 9.17) is 16.3 Å². The van der Waals surface area contributed by atoms with Gasteiger partial charge in [0.2, 0.25) is 0 Å². The van der Waals surface area contributed by atoms with Gasteiger partial charge in [0, 0.05) is 12.6 Å². The number of nitrogens with zero attached hydrogens (tertiary/aromatic N) is 1. The molecule has 0 spiro atoms. The smallest absolute Gasteiger partial charge is 0.251 e. The van der Waals surface area contributed by atoms with E-state index < -0.39 is 10.0 Å². The molecule has 1 aromatic heterocycles. The fraction of sp³-hybridized carbons (Fsp3) is 0.667. The summed E-state index contributed by atoms with van der Waals surface area (Å²) < 4.78 is 32.1. The molecule has 0 saturated heterocycles. The number of rotatable bonds is 5. The van der Waals surface area contributed by atoms with Gasteiger partial charge >= 0.3 is 0 Å². The lowest BCUT2D eigenvalue weighted by atomic mass is 9.90. The molecular weight excluding hydrogens is 284 g/mol. The average Bonchev–Trinajstić information content (AvgIpc) is 2.62. The fourth-order valence-electron chi connectivity index (χ4n) is 1.67. The van der Waals surface area contributed by atoms with Crippen LogP contribution >= 0.6 is 22.9 Å². The van der Waals surface area contributed by atoms with E-state index in [0.717, 1.165) is 24.2 Å². The number of hydrogen-bond donors (Lipinski definition) is 1. The van der Waals surface area contributed by atoms with Crippen LogP contribution in [0.1, 0.15) is 19.8 Å². The van der Waals surface area contributed by atoms with Crippen LogP contribution in [0.25, 0.3) is 0 Å². The second kappa shape index (κ2) is 5.19. The highest BCUT2D eigenvalue weighted by molar-refractivity contribution is 7.91. The molecule has 5 nitrogen and oxygen atoms in total. The van der Waals surface area contributed by atoms with E-state index in [2.05, 4.69) is 9.71 Å². The van der Waals surface area contributed by atoms with Crippen LogP contribution in [0.3, 0.4) is 0 Å². The molecule has 2 rings (SSSR count). The summed E-state index contributed by atoms with van der Waals surface area (Å²) in [6.07, 6.45) is 2.89. The first kappa shape index (κ1) is 13.2. The van der Waals surface area contributed by atoms with Crippen molar-refractivity contribution in [1.82, 2.24) is 9.71 Å². The van der Waals surface area contributed by atoms with E-state index in [0.29, 0.717) is 6.61 Å². The number of aromatic nitrogens is 1. The molecule has 0 aromatic carbocycles. The zero-order valence-electron chi connectivity index (χ0n) is 9.22. The molecule has 0 atom stereocenters. The zero-order valence-corrected chi connectivity index (χ0v) is 11.6. The standard InChI is InChI=1S/C9H13ClN2O3S2/c1-2-15-7-3-6(4-7)12-17(13,14)8-5-11-9(10)16-8/h5-7,12H,2-4H2,1H3. The van der Waals surface area contributed by atoms with Crippen LogP contribution in [0.15, 0.2) is 10.4 Å². The summed E-state index contributed by atoms with van der Waals surface area (Å²) in [5.41, 5.74) is 0. The van der Waals surface area contributed by atoms with Gasteiger partial charge in [-0.1, -0.05) is 22.9 Å². The van der Waals surface area contributed by atoms with Crippen LogP contribution in [0.4, 0.5) is 0 Å². The molecule has 1 aliphatic carbocycles. The fourth-order valence-corrected chi connectivity index (χ4v) is 4.25. The average molecular weight is 297 g/mol. The molecule has 1 aliphatic rings. The van der Waals surface area contributed by atoms with Crippen molar-refractivity contribution in [3.05, 3.63) is 10.7 Å². The molecule has 0 amide bonds. The van der Waals surface area contributed by atoms with E-state index in [9.17, 15) is 8.42 Å². The normalized spacial score (nSPS) is 24.6. The van der Waals surface area contributed by atoms with Gasteiger partial charge in [0.05, 0.1) is 12.3 Å². The van der Waals surface area contributed by atoms with E-state index >= 15 is 0 Å². The minimum absolute atomic E-state index is 0.0441. The highest BCUT2D eigenvalue weighted by Crippen LogP contribution is 2.27. The van der Waals surface area contributed by atoms with Crippen LogP contribution < -0.4 is 4.72 Å². The molecule has 8 heteroatoms. The van der Waals surface area contributed by atoms with Gasteiger partial charge in [-0.2, -0.15) is 0 Å². The molecule has 1 aromatic rings. The Kier molecular flexibility index (Phi) is 4.04. The molecule has 1 N–H and O–H groups in total. The van der Waals surface area contributed by atoms with Gasteiger partial charge < -0.3 is 4.74 Å². The Morgan fingerprint density at radius 2 is 2.35 bits per heavy atom. The number of ether oxygens (including phenoxy) is 1. The number of halogens is 1. The van der Waals surface area contributed by atoms with Crippen LogP contribution in [0, 0.1) is 0 Å². The van der Waals surface area contributed by atoms with Gasteiger partial charge in [-0.05, 0) is 19.8 Å². The van der Waals surface area contributed by atoms with Crippen molar-refractivity contribution in [3.63, 3.8) is 0 Å². The molecule has 0 aliphatic heterocycles. The lowest BCUT2D eigenvalue weighted by molar-refractivity contribution is -0.00474. The summed E-state index contributed by atoms with van der Waals surface area (Å²) in [6, 6.07) is -0.0441. The predicted molar refractivity (Wildman–Crippen MR) is 65.9 cm³/mol. The Bertz CT molecular complexity index is 482. The molecule has 1 saturated carbocycles. The number of nitrogens with one attached hydrogen (secondary N) is 1. The lowest BCUT2D eigenvalue weighted by Gasteiger charge is -2.34. The topological polar surface area (TPSA) is 68.3 Å². The molecule has 0 unspecified atom stereocenters. The quantitative estimate of drug-likeness (QED) is 0.897. The highest BCUT2D eigenvalue weighted by atomic mass is 35.5. The maximum absolute atomic E-state index is 11.9. The van der Waals surface area contributed by atoms with E-state index in [1.165, 1.54) is 6.20 Å². The first-order valence-corrected chi connectivity index (χ1v) is 7.94. The molecule has 0 radical (unpaired) electrons. The van der Waals surface area contributed by atoms with Gasteiger partial charge in [-0.3, -0.25) is 0 Å². The zero-order chi connectivity index (χ0) is 12.5. The van der Waals surface area contributed by atoms with E-state index in [1.54, 1.807) is 0 Å². The predicted octanol–water partition coefficient (Wildman–Crippen LogP) is 1.64. The maximum Gasteiger partial charge on any atom is 0.251 e. The van der Waals surface area contributed by atoms with Crippen molar-refractivity contribution in [2.24, 2.45) is 0 Å². The summed E-state index contributed by atoms with van der Waals surface area (Å²) in [6.45, 7) is 2.59. The van der Waals surface area contributed by atoms with Crippen molar-refractivity contribution >= 4 is 33.0 Å². The molecular formula is C9H13ClN2O3S2. The van der Waals surface area contributed by atoms with Crippen molar-refractivity contribution in [2.45, 2.75) is 36.1 Å². The summed E-state index contributed by atoms with van der Waals surface area (Å²) >= 11 is 6.57. The highest BCUT2D eigenvalue weighted by Gasteiger charge is 2.33. The second-order valence-electron chi connectivity index (χ2n) is 3.80. The Hall–Kier alpha value is -0.210. The lowest BCUT2D eigenvalue weighted by Crippen LogP contribution is -2.47. The first-order chi connectivity index (χ1) is 8.01. The van der Waals surface area contributed by atoms with Gasteiger partial charge in [-0.15, -0.1) is 0 Å². The monoisotopic (exact) mass is 296 g/mol. The van der Waals surface area contributed by atoms with Crippen molar-refractivity contribution in [2.75, 3.05) is 6.61 Å². The van der Waals surface area contributed by atoms with Gasteiger partial charge in [-0.25, -0.2) is 18.1 Å². The number of thiazole rings is 1. The molecule has 1 heterocycles. The van der Waals surface area contributed by atoms with Crippen LogP contribution in [-0.2, 0) is 14.8 Å². The molecule has 17 heavy (non-hydrogen) atoms. The van der Waals surface area contributed by atoms with Crippen LogP contribution in [0.2, 0.25) is 4.47 Å². The summed E-state index contributed by atoms with van der Waals surface area (Å²) in [4.78, 5) is 3.72. The van der Waals surface area contributed by atoms with Gasteiger partial charge in [0.15, 0.2) is 8.68 Å². The van der Waals surface area contributed by atoms with E-state index in [1.807, 2.05) is 6.92 Å². The Morgan fingerprint density at radius 3 is 2.88 bits per heavy atom. The van der Waals surface area contributed by atoms with Crippen molar-refractivity contribution < 1.29 is 13.2 Å². The van der Waals surface area contributed by atoms with Crippen LogP contribution in [-0.4, -0.2) is 32.2 Å². The largest absolute Gasteiger partial charge is 0.378 e. The van der Waals surface area contributed by atoms with Gasteiger partial charge in [0.25, 0.3) is 10.0 Å². The number of hydrogen-bond acceptors (Lipinski definition) is 5. The molecule has 96 valence electrons. The first-order valence-electron chi connectivity index (χ1n) is 5.26.